The molecule has 12 atom stereocenters. The van der Waals surface area contributed by atoms with Gasteiger partial charge in [0, 0.05) is 151 Å². The Labute approximate surface area is 668 Å². The van der Waals surface area contributed by atoms with Crippen LogP contribution in [0.2, 0.25) is 0 Å². The summed E-state index contributed by atoms with van der Waals surface area (Å²) in [6.07, 6.45) is 28.9. The largest absolute Gasteiger partial charge is 0.476 e. The van der Waals surface area contributed by atoms with Crippen LogP contribution in [0.15, 0.2) is 213 Å². The Hall–Kier alpha value is -14.3. The van der Waals surface area contributed by atoms with Crippen molar-refractivity contribution in [3.05, 3.63) is 286 Å². The summed E-state index contributed by atoms with van der Waals surface area (Å²) in [5, 5.41) is 32.3. The van der Waals surface area contributed by atoms with Crippen molar-refractivity contribution in [2.45, 2.75) is 99.2 Å². The van der Waals surface area contributed by atoms with E-state index in [1.807, 2.05) is 115 Å². The number of carbonyl (C=O) groups excluding carboxylic acids is 7. The highest BCUT2D eigenvalue weighted by atomic mass is 16.5. The maximum atomic E-state index is 13.0. The number of nitrogens with two attached hydrogens (primary N) is 1. The van der Waals surface area contributed by atoms with Gasteiger partial charge in [-0.25, -0.2) is 24.7 Å². The zero-order valence-electron chi connectivity index (χ0n) is 63.6. The van der Waals surface area contributed by atoms with E-state index in [2.05, 4.69) is 82.5 Å². The molecule has 6 N–H and O–H groups in total. The number of nitrogens with one attached hydrogen (secondary N) is 3. The Morgan fingerprint density at radius 1 is 0.419 bits per heavy atom. The number of allylic oxidation sites excluding steroid dienone is 6. The minimum absolute atomic E-state index is 0.0128. The van der Waals surface area contributed by atoms with E-state index < -0.39 is 47.9 Å². The molecule has 33 heteroatoms. The predicted octanol–water partition coefficient (Wildman–Crippen LogP) is 7.46. The van der Waals surface area contributed by atoms with Crippen LogP contribution >= 0.6 is 0 Å². The second kappa shape index (κ2) is 33.0. The first kappa shape index (κ1) is 76.6. The molecular weight excluding hydrogens is 1500 g/mol. The van der Waals surface area contributed by atoms with Gasteiger partial charge >= 0.3 is 5.97 Å². The molecule has 0 bridgehead atoms. The van der Waals surface area contributed by atoms with Gasteiger partial charge in [-0.05, 0) is 66.0 Å². The topological polar surface area (TPSA) is 439 Å². The molecule has 9 aliphatic rings. The van der Waals surface area contributed by atoms with Gasteiger partial charge in [-0.2, -0.15) is 0 Å². The predicted molar refractivity (Wildman–Crippen MR) is 416 cm³/mol. The summed E-state index contributed by atoms with van der Waals surface area (Å²) in [5.41, 5.74) is 13.9. The van der Waals surface area contributed by atoms with Crippen LogP contribution < -0.4 is 41.3 Å². The number of carboxylic acids is 1. The first-order valence-corrected chi connectivity index (χ1v) is 37.9. The monoisotopic (exact) mass is 1570 g/mol. The van der Waals surface area contributed by atoms with Crippen LogP contribution in [0.4, 0.5) is 23.3 Å². The van der Waals surface area contributed by atoms with Gasteiger partial charge in [-0.15, -0.1) is 0 Å². The number of anilines is 4. The second-order valence-electron chi connectivity index (χ2n) is 29.6. The van der Waals surface area contributed by atoms with Crippen molar-refractivity contribution >= 4 is 70.6 Å². The summed E-state index contributed by atoms with van der Waals surface area (Å²) in [7, 11) is 6.69. The number of aromatic carboxylic acids is 1. The number of rotatable bonds is 15. The van der Waals surface area contributed by atoms with E-state index in [1.165, 1.54) is 25.7 Å². The number of nitrogens with zero attached hydrogens (tertiary/aromatic N) is 16. The molecule has 7 amide bonds. The lowest BCUT2D eigenvalue weighted by atomic mass is 10.1. The summed E-state index contributed by atoms with van der Waals surface area (Å²) in [5.74, 6) is 2.72. The molecule has 2 unspecified atom stereocenters. The maximum absolute atomic E-state index is 13.0. The van der Waals surface area contributed by atoms with Gasteiger partial charge in [0.05, 0.1) is 53.0 Å². The fourth-order valence-electron chi connectivity index (χ4n) is 15.4. The number of amides is 7. The number of hydrogen-bond donors (Lipinski definition) is 5. The van der Waals surface area contributed by atoms with Gasteiger partial charge in [0.15, 0.2) is 46.0 Å². The summed E-state index contributed by atoms with van der Waals surface area (Å²) in [6, 6.07) is 33.2. The van der Waals surface area contributed by atoms with Crippen LogP contribution in [0.5, 0.6) is 0 Å². The molecule has 4 saturated carbocycles. The lowest BCUT2D eigenvalue weighted by Crippen LogP contribution is -2.48. The number of benzene rings is 3. The second-order valence-corrected chi connectivity index (χ2v) is 29.6. The highest BCUT2D eigenvalue weighted by Crippen LogP contribution is 2.56. The van der Waals surface area contributed by atoms with Gasteiger partial charge in [0.25, 0.3) is 35.4 Å². The van der Waals surface area contributed by atoms with Crippen LogP contribution in [0.3, 0.4) is 0 Å². The average Bonchev–Trinajstić information content (AvgIpc) is 1.61. The van der Waals surface area contributed by atoms with Crippen molar-refractivity contribution in [1.82, 2.24) is 76.4 Å². The fraction of sp³-hybridized carbons (Fsp3) is 0.286. The molecule has 33 nitrogen and oxygen atoms in total. The molecule has 117 heavy (non-hydrogen) atoms. The van der Waals surface area contributed by atoms with E-state index in [-0.39, 0.29) is 87.8 Å². The molecule has 0 saturated heterocycles. The molecule has 8 aromatic heterocycles. The zero-order chi connectivity index (χ0) is 81.1. The van der Waals surface area contributed by atoms with E-state index in [9.17, 15) is 38.4 Å². The van der Waals surface area contributed by atoms with Crippen LogP contribution in [-0.4, -0.2) is 165 Å². The fourth-order valence-corrected chi connectivity index (χ4v) is 15.4. The van der Waals surface area contributed by atoms with E-state index in [0.29, 0.717) is 77.9 Å². The third kappa shape index (κ3) is 16.7. The summed E-state index contributed by atoms with van der Waals surface area (Å²) >= 11 is 0. The zero-order valence-corrected chi connectivity index (χ0v) is 63.6. The normalized spacial score (nSPS) is 22.7. The quantitative estimate of drug-likeness (QED) is 0.0621. The SMILES string of the molecule is CN1C(=O)[C@@H](N)C2C[C@H]2c2nccnc21.CN1C(=O)[C@@H](NC(=O)c2cc(CC3=CC=[C+]C=C3)on2)[C@H]2C[C@H]2c2nccnc21.CN1C(=O)[C@@H](NC(=O)c2cc(Cc3ccccc3)on2)C2C[C@H]2c2nccnc21.CN1C(=O)[C@H](NC(=O)c2cc(Cc3ccccc3)on2)[C@@H]2C[C@@H]2c2nccnc21.O=C(O)c1cc(Cc2ccccc2)on1. The van der Waals surface area contributed by atoms with Gasteiger partial charge in [0.1, 0.15) is 53.3 Å². The van der Waals surface area contributed by atoms with E-state index in [1.54, 1.807) is 96.0 Å². The van der Waals surface area contributed by atoms with Gasteiger partial charge in [-0.3, -0.25) is 73.1 Å². The molecule has 590 valence electrons. The molecule has 0 spiro atoms. The maximum Gasteiger partial charge on any atom is 0.358 e. The van der Waals surface area contributed by atoms with E-state index >= 15 is 0 Å². The van der Waals surface area contributed by atoms with Crippen LogP contribution in [0, 0.1) is 29.7 Å². The van der Waals surface area contributed by atoms with E-state index in [0.717, 1.165) is 70.7 Å². The summed E-state index contributed by atoms with van der Waals surface area (Å²) in [4.78, 5) is 140. The molecule has 4 fully saturated rings. The van der Waals surface area contributed by atoms with Gasteiger partial charge < -0.3 is 44.9 Å². The Balaban J connectivity index is 0.000000112. The molecule has 5 aliphatic carbocycles. The molecule has 20 rings (SSSR count). The van der Waals surface area contributed by atoms with Crippen molar-refractivity contribution in [2.75, 3.05) is 47.8 Å². The van der Waals surface area contributed by atoms with Crippen LogP contribution in [-0.2, 0) is 44.9 Å². The Morgan fingerprint density at radius 3 is 1.04 bits per heavy atom. The van der Waals surface area contributed by atoms with E-state index in [4.69, 9.17) is 28.9 Å². The lowest BCUT2D eigenvalue weighted by Gasteiger charge is -2.22. The van der Waals surface area contributed by atoms with Crippen molar-refractivity contribution in [3.8, 4) is 0 Å². The minimum Gasteiger partial charge on any atom is -0.476 e. The van der Waals surface area contributed by atoms with Gasteiger partial charge in [0.2, 0.25) is 5.91 Å². The number of likely N-dealkylation sites (N-methyl/N-ethyl adjacent to an activating group) is 4. The Kier molecular flexibility index (Phi) is 21.6. The Bertz CT molecular complexity index is 5520. The van der Waals surface area contributed by atoms with Crippen molar-refractivity contribution in [3.63, 3.8) is 0 Å². The molecule has 4 aliphatic heterocycles. The summed E-state index contributed by atoms with van der Waals surface area (Å²) < 4.78 is 20.8. The highest BCUT2D eigenvalue weighted by Gasteiger charge is 2.57. The number of aromatic nitrogens is 12. The van der Waals surface area contributed by atoms with Crippen LogP contribution in [0.25, 0.3) is 0 Å². The smallest absolute Gasteiger partial charge is 0.358 e. The first-order chi connectivity index (χ1) is 56.8. The standard InChI is InChI=1S/2C21H19N5O3.C21H17N5O3.C11H9NO3.C10H12N4O/c3*1-26-19-17(22-7-8-23-19)14-11-15(14)18(21(26)28)24-20(27)16-10-13(29-25-16)9-12-5-3-2-4-6-12;13-11(14)10-7-9(15-12-10)6-8-4-2-1-3-5-8;1-14-9-8(12-2-3-13-9)6-4-5(6)7(11)10(14)15/h2*2-8,10,14-15,18H,9,11H2,1H3,(H,24,27);3-8,10,14-15,18H,9,11H2,1H3;1-5,7H,6H2,(H,13,14);2-3,5-7H,4,11H2,1H3/p+1/t14-,15?,18+;2*14-,15+,18+;;5?,6-,7+/m101.1/s1. The molecule has 3 aromatic carbocycles. The van der Waals surface area contributed by atoms with Crippen LogP contribution in [0.1, 0.15) is 154 Å². The number of fused-ring (bicyclic) bond motifs is 12. The number of hydrogen-bond acceptors (Lipinski definition) is 25. The highest BCUT2D eigenvalue weighted by molar-refractivity contribution is 6.05. The van der Waals surface area contributed by atoms with Gasteiger partial charge in [-0.1, -0.05) is 112 Å². The third-order valence-electron chi connectivity index (χ3n) is 21.9. The molecule has 0 radical (unpaired) electrons. The minimum atomic E-state index is -1.07. The number of carbonyl (C=O) groups is 8. The Morgan fingerprint density at radius 2 is 0.718 bits per heavy atom. The van der Waals surface area contributed by atoms with Crippen molar-refractivity contribution in [1.29, 1.82) is 0 Å². The molecule has 11 aromatic rings. The summed E-state index contributed by atoms with van der Waals surface area (Å²) in [6.45, 7) is 0. The van der Waals surface area contributed by atoms with Crippen molar-refractivity contribution < 1.29 is 61.6 Å². The lowest BCUT2D eigenvalue weighted by molar-refractivity contribution is -0.121. The first-order valence-electron chi connectivity index (χ1n) is 37.9. The average molecular weight is 1570 g/mol. The third-order valence-corrected chi connectivity index (χ3v) is 21.9. The number of carboxylic acid groups (broad SMARTS) is 1. The van der Waals surface area contributed by atoms with Crippen molar-refractivity contribution in [2.24, 2.45) is 29.4 Å². The molecular formula is C84H77N20O13+. The molecule has 12 heterocycles.